The highest BCUT2D eigenvalue weighted by atomic mass is 32.1. The molecule has 0 N–H and O–H groups in total. The molecule has 4 heteroatoms. The summed E-state index contributed by atoms with van der Waals surface area (Å²) < 4.78 is 1.09. The van der Waals surface area contributed by atoms with E-state index in [1.165, 1.54) is 17.8 Å². The molecule has 0 saturated carbocycles. The van der Waals surface area contributed by atoms with Crippen LogP contribution in [-0.2, 0) is 0 Å². The Hall–Kier alpha value is -1.42. The van der Waals surface area contributed by atoms with Crippen molar-refractivity contribution >= 4 is 27.5 Å². The van der Waals surface area contributed by atoms with Crippen LogP contribution in [0.2, 0.25) is 0 Å². The lowest BCUT2D eigenvalue weighted by molar-refractivity contribution is 0.0608. The highest BCUT2D eigenvalue weighted by molar-refractivity contribution is 7.20. The molecule has 2 heterocycles. The molecule has 1 fully saturated rings. The summed E-state index contributed by atoms with van der Waals surface area (Å²) in [5, 5.41) is 0.640. The summed E-state index contributed by atoms with van der Waals surface area (Å²) in [7, 11) is 0. The van der Waals surface area contributed by atoms with E-state index in [-0.39, 0.29) is 5.91 Å². The van der Waals surface area contributed by atoms with E-state index >= 15 is 0 Å². The SMILES string of the molecule is CCC1CCCCN1C(=O)c1nc2ccccc2s1. The van der Waals surface area contributed by atoms with E-state index in [9.17, 15) is 4.79 Å². The predicted octanol–water partition coefficient (Wildman–Crippen LogP) is 3.70. The van der Waals surface area contributed by atoms with E-state index in [0.29, 0.717) is 11.0 Å². The summed E-state index contributed by atoms with van der Waals surface area (Å²) in [4.78, 5) is 19.1. The van der Waals surface area contributed by atoms with Crippen LogP contribution in [0.3, 0.4) is 0 Å². The number of rotatable bonds is 2. The molecular formula is C15H18N2OS. The zero-order chi connectivity index (χ0) is 13.2. The summed E-state index contributed by atoms with van der Waals surface area (Å²) in [6, 6.07) is 8.34. The third-order valence-corrected chi connectivity index (χ3v) is 4.86. The standard InChI is InChI=1S/C15H18N2OS/c1-2-11-7-5-6-10-17(11)15(18)14-16-12-8-3-4-9-13(12)19-14/h3-4,8-9,11H,2,5-7,10H2,1H3. The molecule has 1 saturated heterocycles. The van der Waals surface area contributed by atoms with E-state index < -0.39 is 0 Å². The summed E-state index contributed by atoms with van der Waals surface area (Å²) >= 11 is 1.51. The Bertz CT molecular complexity index is 560. The van der Waals surface area contributed by atoms with Gasteiger partial charge in [-0.2, -0.15) is 0 Å². The minimum absolute atomic E-state index is 0.118. The van der Waals surface area contributed by atoms with Crippen LogP contribution < -0.4 is 0 Å². The highest BCUT2D eigenvalue weighted by Gasteiger charge is 2.27. The van der Waals surface area contributed by atoms with Crippen LogP contribution in [0.25, 0.3) is 10.2 Å². The topological polar surface area (TPSA) is 33.2 Å². The number of aromatic nitrogens is 1. The van der Waals surface area contributed by atoms with E-state index in [1.54, 1.807) is 0 Å². The lowest BCUT2D eigenvalue weighted by atomic mass is 10.00. The molecule has 100 valence electrons. The van der Waals surface area contributed by atoms with E-state index in [2.05, 4.69) is 11.9 Å². The second kappa shape index (κ2) is 5.29. The molecule has 1 unspecified atom stereocenters. The smallest absolute Gasteiger partial charge is 0.283 e. The summed E-state index contributed by atoms with van der Waals surface area (Å²) in [6.45, 7) is 3.04. The first kappa shape index (κ1) is 12.6. The summed E-state index contributed by atoms with van der Waals surface area (Å²) in [5.74, 6) is 0.118. The number of piperidine rings is 1. The number of fused-ring (bicyclic) bond motifs is 1. The number of benzene rings is 1. The third kappa shape index (κ3) is 2.37. The first-order valence-corrected chi connectivity index (χ1v) is 7.78. The first-order chi connectivity index (χ1) is 9.29. The largest absolute Gasteiger partial charge is 0.334 e. The van der Waals surface area contributed by atoms with Crippen molar-refractivity contribution in [2.45, 2.75) is 38.6 Å². The maximum atomic E-state index is 12.6. The third-order valence-electron chi connectivity index (χ3n) is 3.84. The van der Waals surface area contributed by atoms with Crippen LogP contribution in [0.4, 0.5) is 0 Å². The van der Waals surface area contributed by atoms with E-state index in [1.807, 2.05) is 29.2 Å². The van der Waals surface area contributed by atoms with Gasteiger partial charge in [0.1, 0.15) is 0 Å². The second-order valence-corrected chi connectivity index (χ2v) is 6.07. The number of carbonyl (C=O) groups excluding carboxylic acids is 1. The molecule has 1 aromatic carbocycles. The normalized spacial score (nSPS) is 19.8. The van der Waals surface area contributed by atoms with E-state index in [4.69, 9.17) is 0 Å². The van der Waals surface area contributed by atoms with Crippen molar-refractivity contribution < 1.29 is 4.79 Å². The maximum Gasteiger partial charge on any atom is 0.283 e. The van der Waals surface area contributed by atoms with Crippen LogP contribution in [0.15, 0.2) is 24.3 Å². The van der Waals surface area contributed by atoms with Gasteiger partial charge < -0.3 is 4.90 Å². The van der Waals surface area contributed by atoms with Gasteiger partial charge in [-0.1, -0.05) is 19.1 Å². The van der Waals surface area contributed by atoms with Crippen molar-refractivity contribution in [1.29, 1.82) is 0 Å². The molecule has 3 nitrogen and oxygen atoms in total. The predicted molar refractivity (Wildman–Crippen MR) is 78.6 cm³/mol. The molecule has 3 rings (SSSR count). The van der Waals surface area contributed by atoms with Gasteiger partial charge in [0.25, 0.3) is 5.91 Å². The maximum absolute atomic E-state index is 12.6. The molecule has 0 spiro atoms. The minimum Gasteiger partial charge on any atom is -0.334 e. The molecule has 2 aromatic rings. The average molecular weight is 274 g/mol. The Morgan fingerprint density at radius 2 is 2.26 bits per heavy atom. The molecule has 1 amide bonds. The van der Waals surface area contributed by atoms with Crippen molar-refractivity contribution in [3.63, 3.8) is 0 Å². The lowest BCUT2D eigenvalue weighted by Crippen LogP contribution is -2.43. The molecule has 1 aliphatic heterocycles. The molecule has 19 heavy (non-hydrogen) atoms. The molecule has 1 atom stereocenters. The monoisotopic (exact) mass is 274 g/mol. The molecule has 0 aliphatic carbocycles. The number of amides is 1. The molecule has 1 aliphatic rings. The number of likely N-dealkylation sites (tertiary alicyclic amines) is 1. The highest BCUT2D eigenvalue weighted by Crippen LogP contribution is 2.26. The molecule has 0 radical (unpaired) electrons. The number of para-hydroxylation sites is 1. The summed E-state index contributed by atoms with van der Waals surface area (Å²) in [5.41, 5.74) is 0.931. The van der Waals surface area contributed by atoms with Crippen molar-refractivity contribution in [2.75, 3.05) is 6.54 Å². The van der Waals surface area contributed by atoms with Gasteiger partial charge in [-0.05, 0) is 37.8 Å². The van der Waals surface area contributed by atoms with Gasteiger partial charge in [0.2, 0.25) is 0 Å². The van der Waals surface area contributed by atoms with Gasteiger partial charge in [-0.15, -0.1) is 11.3 Å². The van der Waals surface area contributed by atoms with Gasteiger partial charge >= 0.3 is 0 Å². The number of hydrogen-bond acceptors (Lipinski definition) is 3. The second-order valence-electron chi connectivity index (χ2n) is 5.04. The Morgan fingerprint density at radius 3 is 3.05 bits per heavy atom. The van der Waals surface area contributed by atoms with Crippen LogP contribution in [0.1, 0.15) is 42.4 Å². The van der Waals surface area contributed by atoms with Crippen LogP contribution in [-0.4, -0.2) is 28.4 Å². The number of hydrogen-bond donors (Lipinski definition) is 0. The summed E-state index contributed by atoms with van der Waals surface area (Å²) in [6.07, 6.45) is 4.53. The zero-order valence-corrected chi connectivity index (χ0v) is 11.9. The minimum atomic E-state index is 0.118. The fourth-order valence-corrected chi connectivity index (χ4v) is 3.70. The number of nitrogens with zero attached hydrogens (tertiary/aromatic N) is 2. The van der Waals surface area contributed by atoms with Gasteiger partial charge in [0.15, 0.2) is 5.01 Å². The Kier molecular flexibility index (Phi) is 3.51. The molecular weight excluding hydrogens is 256 g/mol. The van der Waals surface area contributed by atoms with Crippen LogP contribution in [0.5, 0.6) is 0 Å². The average Bonchev–Trinajstić information content (AvgIpc) is 2.90. The first-order valence-electron chi connectivity index (χ1n) is 6.96. The Morgan fingerprint density at radius 1 is 1.42 bits per heavy atom. The Labute approximate surface area is 117 Å². The van der Waals surface area contributed by atoms with Gasteiger partial charge in [0.05, 0.1) is 10.2 Å². The van der Waals surface area contributed by atoms with Crippen molar-refractivity contribution in [3.8, 4) is 0 Å². The molecule has 1 aromatic heterocycles. The number of thiazole rings is 1. The number of carbonyl (C=O) groups is 1. The van der Waals surface area contributed by atoms with Crippen molar-refractivity contribution in [1.82, 2.24) is 9.88 Å². The zero-order valence-electron chi connectivity index (χ0n) is 11.1. The van der Waals surface area contributed by atoms with Crippen LogP contribution in [0, 0.1) is 0 Å². The Balaban J connectivity index is 1.89. The van der Waals surface area contributed by atoms with Gasteiger partial charge in [-0.25, -0.2) is 4.98 Å². The fraction of sp³-hybridized carbons (Fsp3) is 0.467. The van der Waals surface area contributed by atoms with Crippen molar-refractivity contribution in [3.05, 3.63) is 29.3 Å². The molecule has 0 bridgehead atoms. The van der Waals surface area contributed by atoms with Crippen molar-refractivity contribution in [2.24, 2.45) is 0 Å². The quantitative estimate of drug-likeness (QED) is 0.836. The van der Waals surface area contributed by atoms with Crippen LogP contribution >= 0.6 is 11.3 Å². The lowest BCUT2D eigenvalue weighted by Gasteiger charge is -2.34. The van der Waals surface area contributed by atoms with Gasteiger partial charge in [0, 0.05) is 12.6 Å². The van der Waals surface area contributed by atoms with E-state index in [0.717, 1.165) is 36.0 Å². The fourth-order valence-electron chi connectivity index (χ4n) is 2.78. The van der Waals surface area contributed by atoms with Gasteiger partial charge in [-0.3, -0.25) is 4.79 Å².